The lowest BCUT2D eigenvalue weighted by Crippen LogP contribution is -2.44. The van der Waals surface area contributed by atoms with E-state index in [4.69, 9.17) is 14.2 Å². The van der Waals surface area contributed by atoms with Gasteiger partial charge in [-0.05, 0) is 25.7 Å². The zero-order chi connectivity index (χ0) is 10.8. The molecule has 2 aliphatic carbocycles. The SMILES string of the molecule is COC1(OC2(OC)CCCC2)CCCC1. The van der Waals surface area contributed by atoms with Gasteiger partial charge in [0.2, 0.25) is 0 Å². The van der Waals surface area contributed by atoms with Gasteiger partial charge >= 0.3 is 0 Å². The molecule has 3 heteroatoms. The van der Waals surface area contributed by atoms with Crippen LogP contribution in [-0.4, -0.2) is 25.8 Å². The molecule has 0 amide bonds. The molecule has 2 rings (SSSR count). The maximum absolute atomic E-state index is 6.20. The molecule has 2 aliphatic rings. The van der Waals surface area contributed by atoms with Crippen molar-refractivity contribution in [2.75, 3.05) is 14.2 Å². The molecule has 0 radical (unpaired) electrons. The zero-order valence-electron chi connectivity index (χ0n) is 9.88. The molecule has 15 heavy (non-hydrogen) atoms. The lowest BCUT2D eigenvalue weighted by Gasteiger charge is -2.38. The summed E-state index contributed by atoms with van der Waals surface area (Å²) in [6.45, 7) is 0. The Kier molecular flexibility index (Phi) is 3.33. The summed E-state index contributed by atoms with van der Waals surface area (Å²) in [7, 11) is 3.51. The van der Waals surface area contributed by atoms with Gasteiger partial charge in [0.1, 0.15) is 0 Å². The molecule has 2 saturated carbocycles. The first-order valence-corrected chi connectivity index (χ1v) is 6.05. The topological polar surface area (TPSA) is 27.7 Å². The van der Waals surface area contributed by atoms with Crippen LogP contribution in [0.25, 0.3) is 0 Å². The molecule has 2 fully saturated rings. The standard InChI is InChI=1S/C12H22O3/c1-13-11(7-3-4-8-11)15-12(14-2)9-5-6-10-12/h3-10H2,1-2H3. The highest BCUT2D eigenvalue weighted by Crippen LogP contribution is 2.43. The Morgan fingerprint density at radius 1 is 0.667 bits per heavy atom. The van der Waals surface area contributed by atoms with Gasteiger partial charge in [-0.3, -0.25) is 0 Å². The van der Waals surface area contributed by atoms with E-state index < -0.39 is 0 Å². The predicted molar refractivity (Wildman–Crippen MR) is 57.5 cm³/mol. The van der Waals surface area contributed by atoms with Gasteiger partial charge in [0.15, 0.2) is 11.6 Å². The normalized spacial score (nSPS) is 28.4. The van der Waals surface area contributed by atoms with Crippen LogP contribution >= 0.6 is 0 Å². The van der Waals surface area contributed by atoms with E-state index in [0.29, 0.717) is 0 Å². The van der Waals surface area contributed by atoms with Gasteiger partial charge in [-0.25, -0.2) is 0 Å². The second kappa shape index (κ2) is 4.40. The third-order valence-corrected chi connectivity index (χ3v) is 3.85. The minimum Gasteiger partial charge on any atom is -0.353 e. The van der Waals surface area contributed by atoms with Crippen molar-refractivity contribution in [1.82, 2.24) is 0 Å². The van der Waals surface area contributed by atoms with E-state index in [-0.39, 0.29) is 11.6 Å². The lowest BCUT2D eigenvalue weighted by molar-refractivity contribution is -0.343. The monoisotopic (exact) mass is 214 g/mol. The van der Waals surface area contributed by atoms with E-state index in [1.54, 1.807) is 14.2 Å². The van der Waals surface area contributed by atoms with Crippen LogP contribution in [0.2, 0.25) is 0 Å². The number of hydrogen-bond donors (Lipinski definition) is 0. The predicted octanol–water partition coefficient (Wildman–Crippen LogP) is 2.84. The van der Waals surface area contributed by atoms with Gasteiger partial charge in [0, 0.05) is 39.9 Å². The van der Waals surface area contributed by atoms with Crippen LogP contribution in [0.3, 0.4) is 0 Å². The highest BCUT2D eigenvalue weighted by Gasteiger charge is 2.45. The molecular formula is C12H22O3. The van der Waals surface area contributed by atoms with Crippen molar-refractivity contribution in [3.8, 4) is 0 Å². The molecule has 0 heterocycles. The summed E-state index contributed by atoms with van der Waals surface area (Å²) in [6, 6.07) is 0. The van der Waals surface area contributed by atoms with Crippen molar-refractivity contribution in [1.29, 1.82) is 0 Å². The smallest absolute Gasteiger partial charge is 0.171 e. The van der Waals surface area contributed by atoms with Gasteiger partial charge in [-0.1, -0.05) is 0 Å². The first-order chi connectivity index (χ1) is 7.24. The van der Waals surface area contributed by atoms with Gasteiger partial charge in [-0.2, -0.15) is 0 Å². The summed E-state index contributed by atoms with van der Waals surface area (Å²) in [6.07, 6.45) is 8.84. The molecular weight excluding hydrogens is 192 g/mol. The summed E-state index contributed by atoms with van der Waals surface area (Å²) >= 11 is 0. The average molecular weight is 214 g/mol. The maximum Gasteiger partial charge on any atom is 0.171 e. The van der Waals surface area contributed by atoms with E-state index in [0.717, 1.165) is 25.7 Å². The van der Waals surface area contributed by atoms with Crippen molar-refractivity contribution in [2.24, 2.45) is 0 Å². The quantitative estimate of drug-likeness (QED) is 0.673. The van der Waals surface area contributed by atoms with E-state index >= 15 is 0 Å². The van der Waals surface area contributed by atoms with Crippen molar-refractivity contribution >= 4 is 0 Å². The summed E-state index contributed by atoms with van der Waals surface area (Å²) in [4.78, 5) is 0. The maximum atomic E-state index is 6.20. The van der Waals surface area contributed by atoms with Crippen molar-refractivity contribution in [3.63, 3.8) is 0 Å². The first kappa shape index (κ1) is 11.4. The second-order valence-corrected chi connectivity index (χ2v) is 4.75. The highest BCUT2D eigenvalue weighted by atomic mass is 16.8. The third-order valence-electron chi connectivity index (χ3n) is 3.85. The summed E-state index contributed by atoms with van der Waals surface area (Å²) in [5, 5.41) is 0. The zero-order valence-corrected chi connectivity index (χ0v) is 9.88. The van der Waals surface area contributed by atoms with Crippen LogP contribution in [0.5, 0.6) is 0 Å². The average Bonchev–Trinajstić information content (AvgIpc) is 2.89. The van der Waals surface area contributed by atoms with Crippen LogP contribution < -0.4 is 0 Å². The van der Waals surface area contributed by atoms with Crippen molar-refractivity contribution in [3.05, 3.63) is 0 Å². The number of hydrogen-bond acceptors (Lipinski definition) is 3. The Morgan fingerprint density at radius 2 is 1.00 bits per heavy atom. The summed E-state index contributed by atoms with van der Waals surface area (Å²) < 4.78 is 17.4. The highest BCUT2D eigenvalue weighted by molar-refractivity contribution is 4.84. The molecule has 0 aromatic carbocycles. The number of rotatable bonds is 4. The minimum absolute atomic E-state index is 0.361. The molecule has 0 unspecified atom stereocenters. The van der Waals surface area contributed by atoms with Crippen LogP contribution in [0.4, 0.5) is 0 Å². The molecule has 88 valence electrons. The molecule has 0 bridgehead atoms. The van der Waals surface area contributed by atoms with Crippen LogP contribution in [0, 0.1) is 0 Å². The third kappa shape index (κ3) is 2.19. The van der Waals surface area contributed by atoms with Crippen LogP contribution in [0.15, 0.2) is 0 Å². The Morgan fingerprint density at radius 3 is 1.27 bits per heavy atom. The van der Waals surface area contributed by atoms with E-state index in [1.807, 2.05) is 0 Å². The fraction of sp³-hybridized carbons (Fsp3) is 1.00. The molecule has 0 aromatic heterocycles. The van der Waals surface area contributed by atoms with Crippen molar-refractivity contribution in [2.45, 2.75) is 62.9 Å². The molecule has 0 saturated heterocycles. The second-order valence-electron chi connectivity index (χ2n) is 4.75. The van der Waals surface area contributed by atoms with E-state index in [2.05, 4.69) is 0 Å². The summed E-state index contributed by atoms with van der Waals surface area (Å²) in [5.74, 6) is -0.722. The van der Waals surface area contributed by atoms with Gasteiger partial charge in [0.05, 0.1) is 0 Å². The molecule has 0 atom stereocenters. The first-order valence-electron chi connectivity index (χ1n) is 6.05. The van der Waals surface area contributed by atoms with Crippen molar-refractivity contribution < 1.29 is 14.2 Å². The largest absolute Gasteiger partial charge is 0.353 e. The van der Waals surface area contributed by atoms with Gasteiger partial charge < -0.3 is 14.2 Å². The summed E-state index contributed by atoms with van der Waals surface area (Å²) in [5.41, 5.74) is 0. The fourth-order valence-electron chi connectivity index (χ4n) is 2.86. The Bertz CT molecular complexity index is 181. The Balaban J connectivity index is 2.04. The molecule has 0 aromatic rings. The number of ether oxygens (including phenoxy) is 3. The van der Waals surface area contributed by atoms with Crippen LogP contribution in [-0.2, 0) is 14.2 Å². The molecule has 0 aliphatic heterocycles. The Hall–Kier alpha value is -0.120. The van der Waals surface area contributed by atoms with Gasteiger partial charge in [0.25, 0.3) is 0 Å². The van der Waals surface area contributed by atoms with Crippen LogP contribution in [0.1, 0.15) is 51.4 Å². The molecule has 3 nitrogen and oxygen atoms in total. The lowest BCUT2D eigenvalue weighted by atomic mass is 10.2. The van der Waals surface area contributed by atoms with E-state index in [1.165, 1.54) is 25.7 Å². The fourth-order valence-corrected chi connectivity index (χ4v) is 2.86. The molecule has 0 N–H and O–H groups in total. The molecule has 0 spiro atoms. The van der Waals surface area contributed by atoms with E-state index in [9.17, 15) is 0 Å². The van der Waals surface area contributed by atoms with Gasteiger partial charge in [-0.15, -0.1) is 0 Å². The number of methoxy groups -OCH3 is 2. The Labute approximate surface area is 92.1 Å². The minimum atomic E-state index is -0.361.